The van der Waals surface area contributed by atoms with E-state index in [1.165, 1.54) is 24.2 Å². The lowest BCUT2D eigenvalue weighted by molar-refractivity contribution is -0.125. The van der Waals surface area contributed by atoms with Crippen LogP contribution in [-0.2, 0) is 9.53 Å². The first-order chi connectivity index (χ1) is 14.0. The van der Waals surface area contributed by atoms with Crippen molar-refractivity contribution in [2.75, 3.05) is 32.8 Å². The minimum absolute atomic E-state index is 0.00635. The van der Waals surface area contributed by atoms with Crippen molar-refractivity contribution in [3.8, 4) is 0 Å². The molecule has 1 aromatic rings. The second kappa shape index (κ2) is 8.28. The molecule has 2 aliphatic heterocycles. The molecular weight excluding hydrogens is 366 g/mol. The summed E-state index contributed by atoms with van der Waals surface area (Å²) in [5.41, 5.74) is 2.05. The molecule has 0 bridgehead atoms. The Balaban J connectivity index is 1.44. The molecule has 0 radical (unpaired) electrons. The number of morpholine rings is 1. The van der Waals surface area contributed by atoms with Crippen LogP contribution in [0.5, 0.6) is 0 Å². The molecule has 6 heteroatoms. The third-order valence-corrected chi connectivity index (χ3v) is 6.80. The van der Waals surface area contributed by atoms with E-state index >= 15 is 0 Å². The summed E-state index contributed by atoms with van der Waals surface area (Å²) in [4.78, 5) is 29.9. The zero-order chi connectivity index (χ0) is 20.4. The van der Waals surface area contributed by atoms with Crippen molar-refractivity contribution in [3.05, 3.63) is 42.0 Å². The zero-order valence-electron chi connectivity index (χ0n) is 17.3. The van der Waals surface area contributed by atoms with E-state index in [0.717, 1.165) is 44.7 Å². The van der Waals surface area contributed by atoms with Gasteiger partial charge in [0.2, 0.25) is 5.91 Å². The van der Waals surface area contributed by atoms with Gasteiger partial charge in [-0.2, -0.15) is 0 Å². The van der Waals surface area contributed by atoms with Gasteiger partial charge < -0.3 is 10.1 Å². The van der Waals surface area contributed by atoms with E-state index in [1.807, 2.05) is 18.2 Å². The van der Waals surface area contributed by atoms with Gasteiger partial charge in [-0.15, -0.1) is 0 Å². The molecule has 2 amide bonds. The lowest BCUT2D eigenvalue weighted by Gasteiger charge is -2.48. The first-order valence-corrected chi connectivity index (χ1v) is 10.8. The van der Waals surface area contributed by atoms with Crippen molar-refractivity contribution in [1.82, 2.24) is 15.1 Å². The topological polar surface area (TPSA) is 61.9 Å². The molecular formula is C23H31N3O3. The quantitative estimate of drug-likeness (QED) is 0.830. The number of nitrogens with one attached hydrogen (secondary N) is 1. The van der Waals surface area contributed by atoms with Crippen molar-refractivity contribution in [3.63, 3.8) is 0 Å². The van der Waals surface area contributed by atoms with Crippen LogP contribution in [0.4, 0.5) is 0 Å². The average molecular weight is 398 g/mol. The Morgan fingerprint density at radius 3 is 2.48 bits per heavy atom. The molecule has 1 saturated heterocycles. The fourth-order valence-corrected chi connectivity index (χ4v) is 5.08. The molecule has 2 heterocycles. The molecule has 1 atom stereocenters. The first-order valence-electron chi connectivity index (χ1n) is 10.8. The molecule has 29 heavy (non-hydrogen) atoms. The number of amides is 2. The summed E-state index contributed by atoms with van der Waals surface area (Å²) in [6.07, 6.45) is 5.85. The summed E-state index contributed by atoms with van der Waals surface area (Å²) in [6.45, 7) is 9.83. The minimum atomic E-state index is -0.590. The highest BCUT2D eigenvalue weighted by Crippen LogP contribution is 2.35. The number of ether oxygens (including phenoxy) is 1. The molecule has 1 unspecified atom stereocenters. The van der Waals surface area contributed by atoms with Crippen LogP contribution in [0.1, 0.15) is 54.9 Å². The Kier molecular flexibility index (Phi) is 5.74. The van der Waals surface area contributed by atoms with Crippen LogP contribution in [0.15, 0.2) is 30.8 Å². The normalized spacial score (nSPS) is 23.0. The van der Waals surface area contributed by atoms with Gasteiger partial charge in [0.25, 0.3) is 5.91 Å². The number of hydrogen-bond donors (Lipinski definition) is 1. The third-order valence-electron chi connectivity index (χ3n) is 6.80. The highest BCUT2D eigenvalue weighted by atomic mass is 16.5. The fraction of sp³-hybridized carbons (Fsp3) is 0.565. The van der Waals surface area contributed by atoms with E-state index in [-0.39, 0.29) is 17.4 Å². The molecule has 1 N–H and O–H groups in total. The predicted molar refractivity (Wildman–Crippen MR) is 112 cm³/mol. The largest absolute Gasteiger partial charge is 0.379 e. The van der Waals surface area contributed by atoms with Crippen LogP contribution in [0, 0.1) is 0 Å². The van der Waals surface area contributed by atoms with Gasteiger partial charge in [0.1, 0.15) is 6.04 Å². The van der Waals surface area contributed by atoms with E-state index in [4.69, 9.17) is 4.74 Å². The number of nitrogens with zero attached hydrogens (tertiary/aromatic N) is 2. The summed E-state index contributed by atoms with van der Waals surface area (Å²) in [7, 11) is 0. The molecule has 0 aromatic heterocycles. The fourth-order valence-electron chi connectivity index (χ4n) is 5.08. The van der Waals surface area contributed by atoms with Crippen LogP contribution in [-0.4, -0.2) is 66.0 Å². The van der Waals surface area contributed by atoms with Gasteiger partial charge in [0.15, 0.2) is 0 Å². The van der Waals surface area contributed by atoms with Gasteiger partial charge >= 0.3 is 0 Å². The van der Waals surface area contributed by atoms with Gasteiger partial charge in [0, 0.05) is 42.0 Å². The highest BCUT2D eigenvalue weighted by Gasteiger charge is 2.41. The van der Waals surface area contributed by atoms with Crippen LogP contribution in [0.25, 0.3) is 5.70 Å². The van der Waals surface area contributed by atoms with Crippen molar-refractivity contribution in [1.29, 1.82) is 0 Å². The Labute approximate surface area is 172 Å². The van der Waals surface area contributed by atoms with Gasteiger partial charge in [0.05, 0.1) is 13.2 Å². The maximum absolute atomic E-state index is 13.1. The van der Waals surface area contributed by atoms with Crippen LogP contribution >= 0.6 is 0 Å². The van der Waals surface area contributed by atoms with E-state index in [2.05, 4.69) is 16.8 Å². The first kappa shape index (κ1) is 20.1. The maximum Gasteiger partial charge on any atom is 0.259 e. The Morgan fingerprint density at radius 1 is 1.17 bits per heavy atom. The van der Waals surface area contributed by atoms with Crippen molar-refractivity contribution in [2.45, 2.75) is 50.6 Å². The van der Waals surface area contributed by atoms with Crippen molar-refractivity contribution < 1.29 is 14.3 Å². The number of fused-ring (bicyclic) bond motifs is 1. The molecule has 3 aliphatic rings. The smallest absolute Gasteiger partial charge is 0.259 e. The average Bonchev–Trinajstić information content (AvgIpc) is 3.03. The molecule has 156 valence electrons. The molecule has 1 aromatic carbocycles. The summed E-state index contributed by atoms with van der Waals surface area (Å²) in [5.74, 6) is -0.265. The summed E-state index contributed by atoms with van der Waals surface area (Å²) in [5, 5.41) is 3.18. The number of hydrogen-bond acceptors (Lipinski definition) is 4. The van der Waals surface area contributed by atoms with Crippen molar-refractivity contribution in [2.24, 2.45) is 0 Å². The van der Waals surface area contributed by atoms with Crippen molar-refractivity contribution >= 4 is 17.5 Å². The maximum atomic E-state index is 13.1. The van der Waals surface area contributed by atoms with Gasteiger partial charge in [-0.25, -0.2) is 0 Å². The lowest BCUT2D eigenvalue weighted by atomic mass is 9.79. The van der Waals surface area contributed by atoms with E-state index in [0.29, 0.717) is 17.8 Å². The Morgan fingerprint density at radius 2 is 1.83 bits per heavy atom. The monoisotopic (exact) mass is 397 g/mol. The third kappa shape index (κ3) is 3.71. The van der Waals surface area contributed by atoms with E-state index in [1.54, 1.807) is 13.0 Å². The standard InChI is InChI=1S/C23H31N3O3/c1-17-19-8-4-5-9-20(19)22(28)26(17)18(2)21(27)24-16-23(10-6-3-7-11-23)25-12-14-29-15-13-25/h4-5,8-9,18H,1,3,6-7,10-16H2,2H3,(H,24,27). The van der Waals surface area contributed by atoms with Gasteiger partial charge in [-0.1, -0.05) is 44.0 Å². The summed E-state index contributed by atoms with van der Waals surface area (Å²) in [6, 6.07) is 6.82. The molecule has 1 aliphatic carbocycles. The van der Waals surface area contributed by atoms with E-state index in [9.17, 15) is 9.59 Å². The zero-order valence-corrected chi connectivity index (χ0v) is 17.3. The van der Waals surface area contributed by atoms with Crippen LogP contribution < -0.4 is 5.32 Å². The number of benzene rings is 1. The number of carbonyl (C=O) groups excluding carboxylic acids is 2. The molecule has 4 rings (SSSR count). The van der Waals surface area contributed by atoms with Crippen LogP contribution in [0.2, 0.25) is 0 Å². The summed E-state index contributed by atoms with van der Waals surface area (Å²) >= 11 is 0. The van der Waals surface area contributed by atoms with Gasteiger partial charge in [-0.05, 0) is 25.8 Å². The summed E-state index contributed by atoms with van der Waals surface area (Å²) < 4.78 is 5.54. The molecule has 1 saturated carbocycles. The van der Waals surface area contributed by atoms with Crippen LogP contribution in [0.3, 0.4) is 0 Å². The SMILES string of the molecule is C=C1c2ccccc2C(=O)N1C(C)C(=O)NCC1(N2CCOCC2)CCCCC1. The second-order valence-electron chi connectivity index (χ2n) is 8.45. The lowest BCUT2D eigenvalue weighted by Crippen LogP contribution is -2.60. The number of rotatable bonds is 5. The predicted octanol–water partition coefficient (Wildman–Crippen LogP) is 2.65. The highest BCUT2D eigenvalue weighted by molar-refractivity contribution is 6.10. The van der Waals surface area contributed by atoms with E-state index < -0.39 is 6.04 Å². The Hall–Kier alpha value is -2.18. The number of carbonyl (C=O) groups is 2. The molecule has 6 nitrogen and oxygen atoms in total. The Bertz CT molecular complexity index is 759. The minimum Gasteiger partial charge on any atom is -0.379 e. The second-order valence-corrected chi connectivity index (χ2v) is 8.45. The molecule has 0 spiro atoms. The van der Waals surface area contributed by atoms with Gasteiger partial charge in [-0.3, -0.25) is 19.4 Å². The molecule has 2 fully saturated rings.